The van der Waals surface area contributed by atoms with Crippen molar-refractivity contribution in [3.63, 3.8) is 0 Å². The molecule has 1 aromatic rings. The highest BCUT2D eigenvalue weighted by Crippen LogP contribution is 2.46. The molecule has 0 aliphatic heterocycles. The molecule has 1 aromatic carbocycles. The number of halogens is 3. The monoisotopic (exact) mass is 229 g/mol. The second-order valence-electron chi connectivity index (χ2n) is 3.76. The van der Waals surface area contributed by atoms with Crippen LogP contribution in [0.1, 0.15) is 18.4 Å². The number of ether oxygens (including phenoxy) is 1. The second kappa shape index (κ2) is 3.50. The number of hydrogen-bond acceptors (Lipinski definition) is 2. The first-order valence-electron chi connectivity index (χ1n) is 4.71. The Morgan fingerprint density at radius 3 is 2.12 bits per heavy atom. The molecule has 0 amide bonds. The zero-order chi connectivity index (χ0) is 11.8. The second-order valence-corrected chi connectivity index (χ2v) is 3.76. The van der Waals surface area contributed by atoms with Crippen molar-refractivity contribution in [1.29, 1.82) is 0 Å². The van der Waals surface area contributed by atoms with Crippen molar-refractivity contribution in [3.8, 4) is 5.75 Å². The van der Waals surface area contributed by atoms with Crippen molar-refractivity contribution in [1.82, 2.24) is 0 Å². The van der Waals surface area contributed by atoms with E-state index in [4.69, 9.17) is 0 Å². The molecule has 16 heavy (non-hydrogen) atoms. The van der Waals surface area contributed by atoms with Crippen LogP contribution in [0.2, 0.25) is 0 Å². The summed E-state index contributed by atoms with van der Waals surface area (Å²) in [5.41, 5.74) is 0.105. The van der Waals surface area contributed by atoms with Crippen LogP contribution in [0.25, 0.3) is 0 Å². The Morgan fingerprint density at radius 1 is 1.19 bits per heavy atom. The molecule has 0 N–H and O–H groups in total. The SMILES string of the molecule is O=[C]C1(c2ccc(OC(F)(F)F)cc2)CC1. The van der Waals surface area contributed by atoms with Crippen molar-refractivity contribution in [2.45, 2.75) is 24.6 Å². The summed E-state index contributed by atoms with van der Waals surface area (Å²) in [4.78, 5) is 10.7. The topological polar surface area (TPSA) is 26.3 Å². The van der Waals surface area contributed by atoms with Gasteiger partial charge in [-0.15, -0.1) is 13.2 Å². The number of hydrogen-bond donors (Lipinski definition) is 0. The lowest BCUT2D eigenvalue weighted by Crippen LogP contribution is -2.17. The highest BCUT2D eigenvalue weighted by atomic mass is 19.4. The normalized spacial score (nSPS) is 17.9. The van der Waals surface area contributed by atoms with Gasteiger partial charge in [-0.05, 0) is 30.5 Å². The van der Waals surface area contributed by atoms with Gasteiger partial charge in [0.15, 0.2) is 0 Å². The van der Waals surface area contributed by atoms with Gasteiger partial charge in [0.2, 0.25) is 6.29 Å². The van der Waals surface area contributed by atoms with Crippen molar-refractivity contribution < 1.29 is 22.7 Å². The molecule has 1 fully saturated rings. The van der Waals surface area contributed by atoms with E-state index in [-0.39, 0.29) is 5.75 Å². The summed E-state index contributed by atoms with van der Waals surface area (Å²) in [5, 5.41) is 0. The minimum atomic E-state index is -4.68. The van der Waals surface area contributed by atoms with Crippen LogP contribution in [-0.2, 0) is 10.2 Å². The van der Waals surface area contributed by atoms with E-state index >= 15 is 0 Å². The van der Waals surface area contributed by atoms with Crippen molar-refractivity contribution in [2.24, 2.45) is 0 Å². The van der Waals surface area contributed by atoms with Gasteiger partial charge in [-0.25, -0.2) is 0 Å². The van der Waals surface area contributed by atoms with Gasteiger partial charge in [-0.3, -0.25) is 4.79 Å². The molecule has 0 aromatic heterocycles. The smallest absolute Gasteiger partial charge is 0.406 e. The van der Waals surface area contributed by atoms with Crippen LogP contribution in [0.15, 0.2) is 24.3 Å². The minimum Gasteiger partial charge on any atom is -0.406 e. The zero-order valence-electron chi connectivity index (χ0n) is 8.17. The van der Waals surface area contributed by atoms with Gasteiger partial charge in [-0.1, -0.05) is 12.1 Å². The summed E-state index contributed by atoms with van der Waals surface area (Å²) < 4.78 is 39.3. The third kappa shape index (κ3) is 2.18. The van der Waals surface area contributed by atoms with Crippen LogP contribution < -0.4 is 4.74 Å². The van der Waals surface area contributed by atoms with Crippen LogP contribution in [0.3, 0.4) is 0 Å². The van der Waals surface area contributed by atoms with E-state index < -0.39 is 11.8 Å². The summed E-state index contributed by atoms with van der Waals surface area (Å²) in [6, 6.07) is 5.36. The van der Waals surface area contributed by atoms with Gasteiger partial charge < -0.3 is 4.74 Å². The van der Waals surface area contributed by atoms with Gasteiger partial charge in [0.25, 0.3) is 0 Å². The molecule has 85 valence electrons. The van der Waals surface area contributed by atoms with Gasteiger partial charge in [0, 0.05) is 0 Å². The van der Waals surface area contributed by atoms with E-state index in [0.29, 0.717) is 18.4 Å². The Balaban J connectivity index is 2.14. The van der Waals surface area contributed by atoms with Gasteiger partial charge in [0.1, 0.15) is 5.75 Å². The molecule has 0 saturated heterocycles. The standard InChI is InChI=1S/C11H8F3O2/c12-11(13,14)16-9-3-1-8(2-4-9)10(7-15)5-6-10/h1-4H,5-6H2. The molecule has 0 spiro atoms. The third-order valence-corrected chi connectivity index (χ3v) is 2.59. The van der Waals surface area contributed by atoms with E-state index in [1.165, 1.54) is 24.3 Å². The first-order chi connectivity index (χ1) is 7.45. The highest BCUT2D eigenvalue weighted by molar-refractivity contribution is 5.73. The Morgan fingerprint density at radius 2 is 1.75 bits per heavy atom. The lowest BCUT2D eigenvalue weighted by Gasteiger charge is -2.10. The lowest BCUT2D eigenvalue weighted by molar-refractivity contribution is -0.274. The molecule has 1 aliphatic rings. The molecule has 1 aliphatic carbocycles. The fraction of sp³-hybridized carbons (Fsp3) is 0.364. The molecule has 5 heteroatoms. The first kappa shape index (κ1) is 11.0. The molecule has 2 rings (SSSR count). The first-order valence-corrected chi connectivity index (χ1v) is 4.71. The van der Waals surface area contributed by atoms with Crippen molar-refractivity contribution >= 4 is 6.29 Å². The van der Waals surface area contributed by atoms with E-state index in [0.717, 1.165) is 0 Å². The maximum absolute atomic E-state index is 11.9. The Bertz CT molecular complexity index is 391. The van der Waals surface area contributed by atoms with Gasteiger partial charge in [-0.2, -0.15) is 0 Å². The van der Waals surface area contributed by atoms with Crippen LogP contribution in [0.4, 0.5) is 13.2 Å². The molecule has 2 nitrogen and oxygen atoms in total. The average molecular weight is 229 g/mol. The molecule has 0 atom stereocenters. The van der Waals surface area contributed by atoms with Crippen LogP contribution in [0.5, 0.6) is 5.75 Å². The lowest BCUT2D eigenvalue weighted by atomic mass is 9.98. The minimum absolute atomic E-state index is 0.280. The number of alkyl halides is 3. The van der Waals surface area contributed by atoms with Gasteiger partial charge >= 0.3 is 6.36 Å². The largest absolute Gasteiger partial charge is 0.573 e. The zero-order valence-corrected chi connectivity index (χ0v) is 8.17. The van der Waals surface area contributed by atoms with Gasteiger partial charge in [0.05, 0.1) is 5.41 Å². The molecule has 1 radical (unpaired) electrons. The number of carbonyl (C=O) groups excluding carboxylic acids is 1. The van der Waals surface area contributed by atoms with E-state index in [1.54, 1.807) is 0 Å². The molecule has 1 saturated carbocycles. The fourth-order valence-electron chi connectivity index (χ4n) is 1.55. The fourth-order valence-corrected chi connectivity index (χ4v) is 1.55. The van der Waals surface area contributed by atoms with Crippen LogP contribution >= 0.6 is 0 Å². The van der Waals surface area contributed by atoms with Crippen molar-refractivity contribution in [2.75, 3.05) is 0 Å². The summed E-state index contributed by atoms with van der Waals surface area (Å²) in [7, 11) is 0. The van der Waals surface area contributed by atoms with Crippen molar-refractivity contribution in [3.05, 3.63) is 29.8 Å². The predicted molar refractivity (Wildman–Crippen MR) is 49.7 cm³/mol. The maximum atomic E-state index is 11.9. The Labute approximate surface area is 90.0 Å². The third-order valence-electron chi connectivity index (χ3n) is 2.59. The summed E-state index contributed by atoms with van der Waals surface area (Å²) in [6.45, 7) is 0. The number of benzene rings is 1. The Hall–Kier alpha value is -1.52. The molecular weight excluding hydrogens is 221 g/mol. The molecule has 0 heterocycles. The highest BCUT2D eigenvalue weighted by Gasteiger charge is 2.45. The van der Waals surface area contributed by atoms with Crippen LogP contribution in [0, 0.1) is 0 Å². The van der Waals surface area contributed by atoms with Crippen LogP contribution in [-0.4, -0.2) is 12.6 Å². The number of rotatable bonds is 3. The average Bonchev–Trinajstić information content (AvgIpc) is 2.97. The maximum Gasteiger partial charge on any atom is 0.573 e. The quantitative estimate of drug-likeness (QED) is 0.796. The molecule has 0 bridgehead atoms. The predicted octanol–water partition coefficient (Wildman–Crippen LogP) is 2.73. The summed E-state index contributed by atoms with van der Waals surface area (Å²) >= 11 is 0. The van der Waals surface area contributed by atoms with E-state index in [2.05, 4.69) is 4.74 Å². The van der Waals surface area contributed by atoms with E-state index in [1.807, 2.05) is 6.29 Å². The summed E-state index contributed by atoms with van der Waals surface area (Å²) in [6.07, 6.45) is -1.35. The molecule has 0 unspecified atom stereocenters. The summed E-state index contributed by atoms with van der Waals surface area (Å²) in [5.74, 6) is -0.280. The van der Waals surface area contributed by atoms with E-state index in [9.17, 15) is 18.0 Å². The Kier molecular flexibility index (Phi) is 2.40. The molecular formula is C11H8F3O2.